The van der Waals surface area contributed by atoms with Gasteiger partial charge in [-0.25, -0.2) is 0 Å². The fraction of sp³-hybridized carbons (Fsp3) is 0.100. The monoisotopic (exact) mass is 1250 g/mol. The highest BCUT2D eigenvalue weighted by Gasteiger charge is 2.27. The van der Waals surface area contributed by atoms with E-state index in [0.717, 1.165) is 133 Å². The molecule has 0 atom stereocenters. The standard InChI is InChI=1S/4C20H15N3O/c4*1-23-17-9-5-3-7-14(17)19(18(24)10-11-21)20(23)16-12-13-6-2-4-8-15(13)22-16/h4*2-9,12,22H,10H2,1H3. The summed E-state index contributed by atoms with van der Waals surface area (Å²) in [4.78, 5) is 64.1. The molecule has 16 heteroatoms. The maximum atomic E-state index is 12.6. The van der Waals surface area contributed by atoms with Crippen LogP contribution in [0, 0.1) is 45.3 Å². The Bertz CT molecular complexity index is 5100. The molecule has 4 N–H and O–H groups in total. The second-order valence-corrected chi connectivity index (χ2v) is 23.3. The molecule has 0 spiro atoms. The van der Waals surface area contributed by atoms with Crippen molar-refractivity contribution in [2.45, 2.75) is 25.7 Å². The average molecular weight is 1250 g/mol. The predicted octanol–water partition coefficient (Wildman–Crippen LogP) is 17.7. The summed E-state index contributed by atoms with van der Waals surface area (Å²) in [5.41, 5.74) is 17.3. The number of nitrogens with zero attached hydrogens (tertiary/aromatic N) is 8. The predicted molar refractivity (Wildman–Crippen MR) is 379 cm³/mol. The molecule has 8 aromatic carbocycles. The number of aromatic nitrogens is 8. The summed E-state index contributed by atoms with van der Waals surface area (Å²) in [6, 6.07) is 79.4. The number of carbonyl (C=O) groups is 4. The molecular weight excluding hydrogens is 1190 g/mol. The highest BCUT2D eigenvalue weighted by molar-refractivity contribution is 6.18. The van der Waals surface area contributed by atoms with Crippen LogP contribution in [0.25, 0.3) is 133 Å². The second kappa shape index (κ2) is 26.1. The van der Waals surface area contributed by atoms with E-state index >= 15 is 0 Å². The Kier molecular flexibility index (Phi) is 16.8. The van der Waals surface area contributed by atoms with E-state index < -0.39 is 0 Å². The van der Waals surface area contributed by atoms with Crippen LogP contribution in [0.15, 0.2) is 218 Å². The van der Waals surface area contributed by atoms with Crippen LogP contribution in [0.5, 0.6) is 0 Å². The Labute approximate surface area is 550 Å². The van der Waals surface area contributed by atoms with Gasteiger partial charge in [-0.15, -0.1) is 0 Å². The van der Waals surface area contributed by atoms with Crippen molar-refractivity contribution in [2.24, 2.45) is 28.2 Å². The van der Waals surface area contributed by atoms with Gasteiger partial charge in [-0.05, 0) is 72.8 Å². The molecule has 0 fully saturated rings. The maximum Gasteiger partial charge on any atom is 0.179 e. The first-order valence-electron chi connectivity index (χ1n) is 31.0. The Balaban J connectivity index is 0.000000116. The molecule has 0 unspecified atom stereocenters. The molecule has 16 rings (SSSR count). The van der Waals surface area contributed by atoms with E-state index in [2.05, 4.69) is 19.9 Å². The van der Waals surface area contributed by atoms with Crippen LogP contribution in [-0.4, -0.2) is 61.3 Å². The third-order valence-corrected chi connectivity index (χ3v) is 17.6. The largest absolute Gasteiger partial charge is 0.353 e. The number of carbonyl (C=O) groups excluding carboxylic acids is 4. The van der Waals surface area contributed by atoms with Crippen molar-refractivity contribution in [2.75, 3.05) is 0 Å². The van der Waals surface area contributed by atoms with Gasteiger partial charge in [0, 0.05) is 115 Å². The third-order valence-electron chi connectivity index (χ3n) is 17.6. The number of aromatic amines is 4. The lowest BCUT2D eigenvalue weighted by Crippen LogP contribution is -2.01. The highest BCUT2D eigenvalue weighted by Crippen LogP contribution is 2.40. The number of hydrogen-bond donors (Lipinski definition) is 4. The average Bonchev–Trinajstić information content (AvgIpc) is 1.62. The first-order chi connectivity index (χ1) is 46.8. The minimum absolute atomic E-state index is 0.124. The van der Waals surface area contributed by atoms with Crippen LogP contribution < -0.4 is 0 Å². The van der Waals surface area contributed by atoms with E-state index in [4.69, 9.17) is 21.0 Å². The summed E-state index contributed by atoms with van der Waals surface area (Å²) in [5, 5.41) is 43.8. The zero-order valence-electron chi connectivity index (χ0n) is 52.8. The van der Waals surface area contributed by atoms with Gasteiger partial charge in [0.15, 0.2) is 23.1 Å². The van der Waals surface area contributed by atoms with Crippen LogP contribution in [0.2, 0.25) is 0 Å². The molecule has 16 nitrogen and oxygen atoms in total. The summed E-state index contributed by atoms with van der Waals surface area (Å²) < 4.78 is 8.07. The lowest BCUT2D eigenvalue weighted by molar-refractivity contribution is 0.0991. The van der Waals surface area contributed by atoms with Gasteiger partial charge >= 0.3 is 0 Å². The van der Waals surface area contributed by atoms with Gasteiger partial charge in [0.2, 0.25) is 0 Å². The number of nitriles is 4. The lowest BCUT2D eigenvalue weighted by Gasteiger charge is -2.04. The molecule has 8 aromatic heterocycles. The molecule has 0 saturated heterocycles. The minimum atomic E-state index is -0.150. The van der Waals surface area contributed by atoms with Crippen LogP contribution in [0.1, 0.15) is 67.1 Å². The quantitative estimate of drug-likeness (QED) is 0.0855. The number of rotatable bonds is 12. The normalized spacial score (nSPS) is 11.0. The second-order valence-electron chi connectivity index (χ2n) is 23.3. The summed E-state index contributed by atoms with van der Waals surface area (Å²) in [5.74, 6) is -0.600. The van der Waals surface area contributed by atoms with Gasteiger partial charge in [0.05, 0.1) is 118 Å². The fourth-order valence-electron chi connectivity index (χ4n) is 13.4. The highest BCUT2D eigenvalue weighted by atomic mass is 16.1. The van der Waals surface area contributed by atoms with E-state index in [1.54, 1.807) is 0 Å². The number of Topliss-reactive ketones (excluding diaryl/α,β-unsaturated/α-hetero) is 4. The molecule has 0 saturated carbocycles. The molecule has 0 bridgehead atoms. The zero-order chi connectivity index (χ0) is 66.7. The summed E-state index contributed by atoms with van der Waals surface area (Å²) >= 11 is 0. The van der Waals surface area contributed by atoms with E-state index in [0.29, 0.717) is 22.3 Å². The summed E-state index contributed by atoms with van der Waals surface area (Å²) in [7, 11) is 7.80. The number of H-pyrrole nitrogens is 4. The number of fused-ring (bicyclic) bond motifs is 8. The van der Waals surface area contributed by atoms with Crippen LogP contribution >= 0.6 is 0 Å². The van der Waals surface area contributed by atoms with Gasteiger partial charge in [-0.2, -0.15) is 21.0 Å². The number of hydrogen-bond acceptors (Lipinski definition) is 8. The van der Waals surface area contributed by atoms with Crippen molar-refractivity contribution in [1.82, 2.24) is 38.2 Å². The first kappa shape index (κ1) is 61.6. The van der Waals surface area contributed by atoms with Crippen LogP contribution in [0.4, 0.5) is 0 Å². The smallest absolute Gasteiger partial charge is 0.179 e. The van der Waals surface area contributed by atoms with Crippen molar-refractivity contribution in [3.8, 4) is 69.8 Å². The van der Waals surface area contributed by atoms with Crippen molar-refractivity contribution >= 4 is 110 Å². The van der Waals surface area contributed by atoms with Crippen molar-refractivity contribution in [3.05, 3.63) is 241 Å². The fourth-order valence-corrected chi connectivity index (χ4v) is 13.4. The SMILES string of the molecule is Cn1c(-c2cc3ccccc3[nH]2)c(C(=O)CC#N)c2ccccc21.Cn1c(-c2cc3ccccc3[nH]2)c(C(=O)CC#N)c2ccccc21.Cn1c(-c2cc3ccccc3[nH]2)c(C(=O)CC#N)c2ccccc21.Cn1c(-c2cc3ccccc3[nH]2)c(C(=O)CC#N)c2ccccc21. The molecule has 0 aliphatic heterocycles. The maximum absolute atomic E-state index is 12.6. The van der Waals surface area contributed by atoms with Crippen LogP contribution in [0.3, 0.4) is 0 Å². The van der Waals surface area contributed by atoms with Crippen LogP contribution in [-0.2, 0) is 28.2 Å². The first-order valence-corrected chi connectivity index (χ1v) is 31.0. The Hall–Kier alpha value is -13.3. The molecule has 0 radical (unpaired) electrons. The molecule has 16 aromatic rings. The van der Waals surface area contributed by atoms with Crippen molar-refractivity contribution in [1.29, 1.82) is 21.0 Å². The van der Waals surface area contributed by atoms with Gasteiger partial charge in [-0.3, -0.25) is 19.2 Å². The van der Waals surface area contributed by atoms with Crippen molar-refractivity contribution < 1.29 is 19.2 Å². The van der Waals surface area contributed by atoms with Gasteiger partial charge in [0.25, 0.3) is 0 Å². The number of nitrogens with one attached hydrogen (secondary N) is 4. The minimum Gasteiger partial charge on any atom is -0.353 e. The summed E-state index contributed by atoms with van der Waals surface area (Å²) in [6.07, 6.45) is -0.495. The van der Waals surface area contributed by atoms with E-state index in [9.17, 15) is 19.2 Å². The van der Waals surface area contributed by atoms with Gasteiger partial charge in [0.1, 0.15) is 0 Å². The Morgan fingerprint density at radius 2 is 0.479 bits per heavy atom. The molecule has 8 heterocycles. The number of benzene rings is 8. The number of para-hydroxylation sites is 8. The molecule has 0 aliphatic rings. The molecule has 0 amide bonds. The molecular formula is C80H60N12O4. The summed E-state index contributed by atoms with van der Waals surface area (Å²) in [6.45, 7) is 0. The molecule has 464 valence electrons. The Morgan fingerprint density at radius 1 is 0.292 bits per heavy atom. The zero-order valence-corrected chi connectivity index (χ0v) is 52.8. The molecule has 0 aliphatic carbocycles. The van der Waals surface area contributed by atoms with Gasteiger partial charge < -0.3 is 38.2 Å². The van der Waals surface area contributed by atoms with E-state index in [1.165, 1.54) is 0 Å². The number of aryl methyl sites for hydroxylation is 4. The topological polar surface area (TPSA) is 246 Å². The van der Waals surface area contributed by atoms with E-state index in [1.807, 2.05) is 289 Å². The van der Waals surface area contributed by atoms with E-state index in [-0.39, 0.29) is 48.8 Å². The van der Waals surface area contributed by atoms with Gasteiger partial charge in [-0.1, -0.05) is 146 Å². The Morgan fingerprint density at radius 3 is 0.677 bits per heavy atom. The number of ketones is 4. The lowest BCUT2D eigenvalue weighted by atomic mass is 10.0. The van der Waals surface area contributed by atoms with Crippen molar-refractivity contribution in [3.63, 3.8) is 0 Å². The molecule has 96 heavy (non-hydrogen) atoms. The third kappa shape index (κ3) is 11.1.